The highest BCUT2D eigenvalue weighted by molar-refractivity contribution is 8.00. The molecule has 0 aliphatic carbocycles. The van der Waals surface area contributed by atoms with Crippen LogP contribution in [0.5, 0.6) is 5.75 Å². The van der Waals surface area contributed by atoms with Crippen molar-refractivity contribution in [3.05, 3.63) is 48.1 Å². The van der Waals surface area contributed by atoms with Gasteiger partial charge in [0.05, 0.1) is 11.3 Å². The van der Waals surface area contributed by atoms with E-state index >= 15 is 0 Å². The summed E-state index contributed by atoms with van der Waals surface area (Å²) in [5.41, 5.74) is 4.43. The van der Waals surface area contributed by atoms with Crippen LogP contribution in [0.25, 0.3) is 11.3 Å². The number of aryl methyl sites for hydroxylation is 1. The highest BCUT2D eigenvalue weighted by Gasteiger charge is 2.29. The molecule has 5 rings (SSSR count). The number of hydrazine groups is 1. The molecule has 0 atom stereocenters. The van der Waals surface area contributed by atoms with Crippen LogP contribution in [-0.2, 0) is 16.6 Å². The van der Waals surface area contributed by atoms with Gasteiger partial charge in [0, 0.05) is 61.0 Å². The second kappa shape index (κ2) is 9.50. The third kappa shape index (κ3) is 4.77. The van der Waals surface area contributed by atoms with Crippen molar-refractivity contribution in [2.45, 2.75) is 16.8 Å². The molecule has 0 bridgehead atoms. The number of hydrogen-bond acceptors (Lipinski definition) is 8. The topological polar surface area (TPSA) is 104 Å². The summed E-state index contributed by atoms with van der Waals surface area (Å²) in [6.45, 7) is -1.52. The molecule has 35 heavy (non-hydrogen) atoms. The van der Waals surface area contributed by atoms with Crippen LogP contribution in [-0.4, -0.2) is 69.7 Å². The predicted molar refractivity (Wildman–Crippen MR) is 126 cm³/mol. The minimum Gasteiger partial charge on any atom is -0.434 e. The van der Waals surface area contributed by atoms with E-state index in [1.807, 2.05) is 0 Å². The summed E-state index contributed by atoms with van der Waals surface area (Å²) in [5, 5.41) is 9.12. The number of carbonyl (C=O) groups excluding carboxylic acids is 2. The first-order valence-corrected chi connectivity index (χ1v) is 11.6. The van der Waals surface area contributed by atoms with Crippen LogP contribution in [0.4, 0.5) is 14.5 Å². The number of amides is 2. The average Bonchev–Trinajstić information content (AvgIpc) is 3.39. The van der Waals surface area contributed by atoms with E-state index in [1.54, 1.807) is 53.8 Å². The summed E-state index contributed by atoms with van der Waals surface area (Å²) in [6.07, 6.45) is 7.49. The lowest BCUT2D eigenvalue weighted by Crippen LogP contribution is -2.47. The van der Waals surface area contributed by atoms with Crippen LogP contribution in [0.15, 0.2) is 58.0 Å². The number of nitrogens with zero attached hydrogens (tertiary/aromatic N) is 5. The molecule has 0 radical (unpaired) electrons. The fourth-order valence-electron chi connectivity index (χ4n) is 3.91. The van der Waals surface area contributed by atoms with Gasteiger partial charge in [0.15, 0.2) is 5.82 Å². The van der Waals surface area contributed by atoms with Crippen LogP contribution in [0.3, 0.4) is 0 Å². The number of fused-ring (bicyclic) bond motifs is 1. The van der Waals surface area contributed by atoms with Gasteiger partial charge >= 0.3 is 6.61 Å². The van der Waals surface area contributed by atoms with E-state index in [0.29, 0.717) is 41.4 Å². The summed E-state index contributed by atoms with van der Waals surface area (Å²) in [4.78, 5) is 30.6. The molecule has 1 aromatic heterocycles. The number of aromatic nitrogens is 2. The number of anilines is 1. The fourth-order valence-corrected chi connectivity index (χ4v) is 5.16. The number of ether oxygens (including phenoxy) is 1. The minimum atomic E-state index is -3.03. The molecule has 2 N–H and O–H groups in total. The lowest BCUT2D eigenvalue weighted by atomic mass is 10.1. The van der Waals surface area contributed by atoms with Crippen LogP contribution in [0.1, 0.15) is 0 Å². The number of hydrogen-bond donors (Lipinski definition) is 2. The number of benzene rings is 1. The number of aliphatic imine (C=N–C) groups is 1. The Balaban J connectivity index is 1.44. The lowest BCUT2D eigenvalue weighted by molar-refractivity contribution is -0.120. The molecule has 10 nitrogen and oxygen atoms in total. The normalized spacial score (nSPS) is 17.1. The summed E-state index contributed by atoms with van der Waals surface area (Å²) in [7, 11) is 1.67. The smallest absolute Gasteiger partial charge is 0.387 e. The highest BCUT2D eigenvalue weighted by atomic mass is 32.2. The molecular weight excluding hydrogens is 480 g/mol. The molecule has 3 aliphatic rings. The Kier molecular flexibility index (Phi) is 6.26. The summed E-state index contributed by atoms with van der Waals surface area (Å²) in [6, 6.07) is 4.87. The first kappa shape index (κ1) is 23.1. The quantitative estimate of drug-likeness (QED) is 0.535. The second-order valence-corrected chi connectivity index (χ2v) is 9.36. The van der Waals surface area contributed by atoms with E-state index in [-0.39, 0.29) is 23.5 Å². The monoisotopic (exact) mass is 501 g/mol. The van der Waals surface area contributed by atoms with Crippen LogP contribution in [0.2, 0.25) is 0 Å². The fraction of sp³-hybridized carbons (Fsp3) is 0.273. The molecule has 2 aromatic rings. The van der Waals surface area contributed by atoms with Gasteiger partial charge < -0.3 is 15.0 Å². The summed E-state index contributed by atoms with van der Waals surface area (Å²) in [5.74, 6) is 0.0434. The predicted octanol–water partition coefficient (Wildman–Crippen LogP) is 2.19. The molecule has 1 aromatic carbocycles. The molecule has 0 spiro atoms. The Morgan fingerprint density at radius 1 is 1.37 bits per heavy atom. The zero-order valence-corrected chi connectivity index (χ0v) is 19.3. The van der Waals surface area contributed by atoms with Crippen LogP contribution < -0.4 is 15.5 Å². The van der Waals surface area contributed by atoms with Gasteiger partial charge in [0.1, 0.15) is 11.4 Å². The number of nitrogens with one attached hydrogen (secondary N) is 2. The molecule has 4 heterocycles. The van der Waals surface area contributed by atoms with E-state index in [1.165, 1.54) is 22.5 Å². The van der Waals surface area contributed by atoms with Gasteiger partial charge in [-0.15, -0.1) is 11.8 Å². The number of likely N-dealkylation sites (tertiary alicyclic amines) is 1. The van der Waals surface area contributed by atoms with Gasteiger partial charge in [-0.3, -0.25) is 19.3 Å². The van der Waals surface area contributed by atoms with Gasteiger partial charge in [0.25, 0.3) is 5.91 Å². The Morgan fingerprint density at radius 3 is 2.97 bits per heavy atom. The van der Waals surface area contributed by atoms with Crippen molar-refractivity contribution in [1.82, 2.24) is 25.1 Å². The Morgan fingerprint density at radius 2 is 2.20 bits per heavy atom. The number of allylic oxidation sites excluding steroid dienone is 1. The minimum absolute atomic E-state index is 0.0561. The molecule has 13 heteroatoms. The Hall–Kier alpha value is -3.71. The highest BCUT2D eigenvalue weighted by Crippen LogP contribution is 2.39. The lowest BCUT2D eigenvalue weighted by Gasteiger charge is -2.35. The molecule has 182 valence electrons. The van der Waals surface area contributed by atoms with Gasteiger partial charge in [-0.2, -0.15) is 13.9 Å². The van der Waals surface area contributed by atoms with Crippen LogP contribution >= 0.6 is 11.8 Å². The van der Waals surface area contributed by atoms with Gasteiger partial charge in [-0.05, 0) is 24.3 Å². The zero-order valence-electron chi connectivity index (χ0n) is 18.5. The van der Waals surface area contributed by atoms with E-state index in [2.05, 4.69) is 20.8 Å². The average molecular weight is 502 g/mol. The molecule has 0 unspecified atom stereocenters. The van der Waals surface area contributed by atoms with Crippen molar-refractivity contribution in [1.29, 1.82) is 0 Å². The third-order valence-electron chi connectivity index (χ3n) is 5.54. The zero-order chi connectivity index (χ0) is 24.5. The van der Waals surface area contributed by atoms with Crippen molar-refractivity contribution in [3.63, 3.8) is 0 Å². The second-order valence-electron chi connectivity index (χ2n) is 7.98. The number of rotatable bonds is 8. The third-order valence-corrected chi connectivity index (χ3v) is 6.70. The first-order chi connectivity index (χ1) is 16.9. The van der Waals surface area contributed by atoms with Crippen molar-refractivity contribution in [3.8, 4) is 17.0 Å². The van der Waals surface area contributed by atoms with Crippen molar-refractivity contribution in [2.24, 2.45) is 12.0 Å². The van der Waals surface area contributed by atoms with E-state index in [0.717, 1.165) is 11.3 Å². The Labute approximate surface area is 203 Å². The maximum atomic E-state index is 13.2. The SMILES string of the molecule is Cn1cc(NC(=O)C2=C3N=CC=CN3NC2)c(-c2cc(SC3CN(C=O)C3)ccc2OC(F)F)n1. The Bertz CT molecular complexity index is 1250. The van der Waals surface area contributed by atoms with Gasteiger partial charge in [-0.1, -0.05) is 0 Å². The van der Waals surface area contributed by atoms with Crippen molar-refractivity contribution < 1.29 is 23.1 Å². The van der Waals surface area contributed by atoms with E-state index < -0.39 is 6.61 Å². The molecular formula is C22H21F2N7O3S. The molecule has 0 saturated carbocycles. The molecule has 3 aliphatic heterocycles. The van der Waals surface area contributed by atoms with Crippen molar-refractivity contribution >= 4 is 36.0 Å². The maximum Gasteiger partial charge on any atom is 0.387 e. The maximum absolute atomic E-state index is 13.2. The number of thioether (sulfide) groups is 1. The van der Waals surface area contributed by atoms with Gasteiger partial charge in [-0.25, -0.2) is 10.4 Å². The molecule has 1 fully saturated rings. The van der Waals surface area contributed by atoms with Crippen LogP contribution in [0, 0.1) is 0 Å². The molecule has 2 amide bonds. The number of halogens is 2. The number of alkyl halides is 2. The molecule has 1 saturated heterocycles. The largest absolute Gasteiger partial charge is 0.434 e. The van der Waals surface area contributed by atoms with E-state index in [9.17, 15) is 18.4 Å². The summed E-state index contributed by atoms with van der Waals surface area (Å²) >= 11 is 1.54. The van der Waals surface area contributed by atoms with Gasteiger partial charge in [0.2, 0.25) is 6.41 Å². The summed E-state index contributed by atoms with van der Waals surface area (Å²) < 4.78 is 32.6. The standard InChI is InChI=1S/C22H21F2N7O3S/c1-29-11-17(27-21(33)16-8-26-31-6-2-5-25-20(16)31)19(28-29)15-7-13(3-4-18(15)34-22(23)24)35-14-9-30(10-14)12-32/h2-7,11-12,14,22,26H,8-10H2,1H3,(H,27,33). The first-order valence-electron chi connectivity index (χ1n) is 10.7. The van der Waals surface area contributed by atoms with Crippen molar-refractivity contribution in [2.75, 3.05) is 25.0 Å². The van der Waals surface area contributed by atoms with E-state index in [4.69, 9.17) is 4.74 Å². The number of carbonyl (C=O) groups is 2.